The Morgan fingerprint density at radius 1 is 1.00 bits per heavy atom. The molecule has 2 aromatic rings. The van der Waals surface area contributed by atoms with Crippen LogP contribution in [0.4, 0.5) is 11.4 Å². The van der Waals surface area contributed by atoms with Crippen LogP contribution >= 0.6 is 27.7 Å². The minimum absolute atomic E-state index is 0.0260. The van der Waals surface area contributed by atoms with Crippen LogP contribution in [0, 0.1) is 25.7 Å². The number of halogens is 1. The fourth-order valence-corrected chi connectivity index (χ4v) is 10.3. The van der Waals surface area contributed by atoms with Crippen LogP contribution in [0.3, 0.4) is 0 Å². The predicted octanol–water partition coefficient (Wildman–Crippen LogP) is 4.90. The van der Waals surface area contributed by atoms with Crippen LogP contribution in [-0.2, 0) is 14.4 Å². The molecule has 0 radical (unpaired) electrons. The standard InChI is InChI=1S/C30H36BrN3O4S/c1-18-11-10-12-19(2)24(18)33-28(37)26-30-17-21(31)25(39-30)22(27(36)32-20-13-6-5-7-14-20)23(30)29(38)34(26)15-8-3-4-9-16-35/h5-7,10-14,21-23,25-26,35H,3-4,8-9,15-17H2,1-2H3,(H,32,36)(H,33,37)/t21?,22-,23-,25-,26?,30?/m0/s1. The number of hydrogen-bond donors (Lipinski definition) is 3. The van der Waals surface area contributed by atoms with E-state index in [9.17, 15) is 14.4 Å². The number of hydrogen-bond acceptors (Lipinski definition) is 5. The first kappa shape index (κ1) is 28.2. The summed E-state index contributed by atoms with van der Waals surface area (Å²) in [5.74, 6) is -1.54. The lowest BCUT2D eigenvalue weighted by atomic mass is 9.70. The van der Waals surface area contributed by atoms with E-state index >= 15 is 0 Å². The van der Waals surface area contributed by atoms with E-state index in [1.165, 1.54) is 0 Å². The Morgan fingerprint density at radius 3 is 2.38 bits per heavy atom. The number of nitrogens with one attached hydrogen (secondary N) is 2. The summed E-state index contributed by atoms with van der Waals surface area (Å²) < 4.78 is -0.680. The number of alkyl halides is 1. The number of aryl methyl sites for hydroxylation is 2. The van der Waals surface area contributed by atoms with Gasteiger partial charge in [0.25, 0.3) is 0 Å². The SMILES string of the molecule is Cc1cccc(C)c1NC(=O)C1N(CCCCCCO)C(=O)[C@@H]2[C@H](C(=O)Nc3ccccc3)[C@H]3SC12CC3Br. The Morgan fingerprint density at radius 2 is 1.69 bits per heavy atom. The molecule has 3 heterocycles. The number of para-hydroxylation sites is 2. The summed E-state index contributed by atoms with van der Waals surface area (Å²) >= 11 is 5.47. The van der Waals surface area contributed by atoms with Gasteiger partial charge in [-0.25, -0.2) is 0 Å². The third-order valence-electron chi connectivity index (χ3n) is 8.42. The summed E-state index contributed by atoms with van der Waals surface area (Å²) in [5.41, 5.74) is 3.42. The van der Waals surface area contributed by atoms with E-state index in [1.54, 1.807) is 16.7 Å². The molecule has 0 aliphatic carbocycles. The first-order chi connectivity index (χ1) is 18.8. The lowest BCUT2D eigenvalue weighted by molar-refractivity contribution is -0.138. The molecule has 0 aromatic heterocycles. The first-order valence-corrected chi connectivity index (χ1v) is 15.5. The van der Waals surface area contributed by atoms with Gasteiger partial charge in [-0.15, -0.1) is 11.8 Å². The Bertz CT molecular complexity index is 1220. The normalized spacial score (nSPS) is 29.0. The van der Waals surface area contributed by atoms with E-state index in [0.29, 0.717) is 18.7 Å². The van der Waals surface area contributed by atoms with Crippen molar-refractivity contribution in [1.82, 2.24) is 4.90 Å². The number of likely N-dealkylation sites (tertiary alicyclic amines) is 1. The van der Waals surface area contributed by atoms with Crippen molar-refractivity contribution in [2.45, 2.75) is 66.8 Å². The van der Waals surface area contributed by atoms with Crippen molar-refractivity contribution in [1.29, 1.82) is 0 Å². The molecule has 3 aliphatic heterocycles. The number of unbranched alkanes of at least 4 members (excludes halogenated alkanes) is 3. The Balaban J connectivity index is 1.47. The van der Waals surface area contributed by atoms with Gasteiger partial charge in [0.05, 0.1) is 16.6 Å². The summed E-state index contributed by atoms with van der Waals surface area (Å²) in [7, 11) is 0. The third kappa shape index (κ3) is 5.13. The lowest BCUT2D eigenvalue weighted by Crippen LogP contribution is -2.53. The molecule has 2 bridgehead atoms. The topological polar surface area (TPSA) is 98.7 Å². The molecule has 3 fully saturated rings. The van der Waals surface area contributed by atoms with Gasteiger partial charge in [0, 0.05) is 34.6 Å². The summed E-state index contributed by atoms with van der Waals surface area (Å²) in [4.78, 5) is 43.8. The molecule has 0 saturated carbocycles. The highest BCUT2D eigenvalue weighted by Gasteiger charge is 2.75. The zero-order valence-corrected chi connectivity index (χ0v) is 24.8. The van der Waals surface area contributed by atoms with Crippen LogP contribution in [0.5, 0.6) is 0 Å². The van der Waals surface area contributed by atoms with Gasteiger partial charge in [0.15, 0.2) is 0 Å². The number of nitrogens with zero attached hydrogens (tertiary/aromatic N) is 1. The number of benzene rings is 2. The van der Waals surface area contributed by atoms with E-state index in [-0.39, 0.29) is 34.4 Å². The second-order valence-corrected chi connectivity index (χ2v) is 13.7. The van der Waals surface area contributed by atoms with Gasteiger partial charge in [-0.1, -0.05) is 65.2 Å². The Kier molecular flexibility index (Phi) is 8.40. The maximum atomic E-state index is 14.2. The van der Waals surface area contributed by atoms with Crippen LogP contribution in [0.2, 0.25) is 0 Å². The fraction of sp³-hybridized carbons (Fsp3) is 0.500. The summed E-state index contributed by atoms with van der Waals surface area (Å²) in [6.07, 6.45) is 3.85. The van der Waals surface area contributed by atoms with E-state index in [4.69, 9.17) is 5.11 Å². The zero-order chi connectivity index (χ0) is 27.7. The molecule has 5 rings (SSSR count). The maximum Gasteiger partial charge on any atom is 0.248 e. The third-order valence-corrected chi connectivity index (χ3v) is 11.6. The van der Waals surface area contributed by atoms with Gasteiger partial charge < -0.3 is 20.6 Å². The molecule has 1 spiro atoms. The number of thioether (sulfide) groups is 1. The van der Waals surface area contributed by atoms with Crippen molar-refractivity contribution in [2.75, 3.05) is 23.8 Å². The first-order valence-electron chi connectivity index (χ1n) is 13.7. The molecule has 3 unspecified atom stereocenters. The van der Waals surface area contributed by atoms with Crippen LogP contribution in [0.1, 0.15) is 43.2 Å². The molecule has 208 valence electrons. The largest absolute Gasteiger partial charge is 0.396 e. The fourth-order valence-electron chi connectivity index (χ4n) is 6.67. The quantitative estimate of drug-likeness (QED) is 0.261. The number of rotatable bonds is 10. The summed E-state index contributed by atoms with van der Waals surface area (Å²) in [6.45, 7) is 4.55. The highest BCUT2D eigenvalue weighted by molar-refractivity contribution is 9.09. The summed E-state index contributed by atoms with van der Waals surface area (Å²) in [5, 5.41) is 15.3. The van der Waals surface area contributed by atoms with E-state index in [0.717, 1.165) is 42.5 Å². The minimum atomic E-state index is -0.680. The molecule has 3 amide bonds. The highest BCUT2D eigenvalue weighted by Crippen LogP contribution is 2.67. The molecule has 3 saturated heterocycles. The molecule has 39 heavy (non-hydrogen) atoms. The van der Waals surface area contributed by atoms with Crippen LogP contribution in [-0.4, -0.2) is 61.7 Å². The maximum absolute atomic E-state index is 14.2. The predicted molar refractivity (Wildman–Crippen MR) is 159 cm³/mol. The van der Waals surface area contributed by atoms with Crippen molar-refractivity contribution in [3.63, 3.8) is 0 Å². The molecule has 3 aliphatic rings. The van der Waals surface area contributed by atoms with Crippen molar-refractivity contribution in [3.05, 3.63) is 59.7 Å². The number of amides is 3. The number of anilines is 2. The van der Waals surface area contributed by atoms with E-state index < -0.39 is 22.6 Å². The van der Waals surface area contributed by atoms with Gasteiger partial charge >= 0.3 is 0 Å². The number of aliphatic hydroxyl groups excluding tert-OH is 1. The minimum Gasteiger partial charge on any atom is -0.396 e. The van der Waals surface area contributed by atoms with Gasteiger partial charge in [-0.3, -0.25) is 14.4 Å². The van der Waals surface area contributed by atoms with Crippen LogP contribution in [0.25, 0.3) is 0 Å². The van der Waals surface area contributed by atoms with Gasteiger partial charge in [-0.05, 0) is 56.4 Å². The molecule has 7 nitrogen and oxygen atoms in total. The molecule has 3 N–H and O–H groups in total. The molecular formula is C30H36BrN3O4S. The number of fused-ring (bicyclic) bond motifs is 1. The molecule has 9 heteroatoms. The van der Waals surface area contributed by atoms with E-state index in [1.807, 2.05) is 62.4 Å². The van der Waals surface area contributed by atoms with Crippen molar-refractivity contribution in [3.8, 4) is 0 Å². The molecular weight excluding hydrogens is 578 g/mol. The average Bonchev–Trinajstić information content (AvgIpc) is 3.50. The Hall–Kier alpha value is -2.36. The van der Waals surface area contributed by atoms with Crippen molar-refractivity contribution in [2.24, 2.45) is 11.8 Å². The monoisotopic (exact) mass is 613 g/mol. The van der Waals surface area contributed by atoms with Crippen molar-refractivity contribution < 1.29 is 19.5 Å². The average molecular weight is 615 g/mol. The number of carbonyl (C=O) groups is 3. The number of aliphatic hydroxyl groups is 1. The second-order valence-electron chi connectivity index (χ2n) is 10.9. The zero-order valence-electron chi connectivity index (χ0n) is 22.4. The smallest absolute Gasteiger partial charge is 0.248 e. The summed E-state index contributed by atoms with van der Waals surface area (Å²) in [6, 6.07) is 14.5. The highest BCUT2D eigenvalue weighted by atomic mass is 79.9. The molecule has 6 atom stereocenters. The van der Waals surface area contributed by atoms with Crippen LogP contribution < -0.4 is 10.6 Å². The lowest BCUT2D eigenvalue weighted by Gasteiger charge is -2.35. The molecule has 2 aromatic carbocycles. The Labute approximate surface area is 242 Å². The van der Waals surface area contributed by atoms with Crippen LogP contribution in [0.15, 0.2) is 48.5 Å². The van der Waals surface area contributed by atoms with Gasteiger partial charge in [0.2, 0.25) is 17.7 Å². The van der Waals surface area contributed by atoms with Gasteiger partial charge in [0.1, 0.15) is 6.04 Å². The van der Waals surface area contributed by atoms with Gasteiger partial charge in [-0.2, -0.15) is 0 Å². The number of carbonyl (C=O) groups excluding carboxylic acids is 3. The van der Waals surface area contributed by atoms with Crippen molar-refractivity contribution >= 4 is 56.8 Å². The van der Waals surface area contributed by atoms with E-state index in [2.05, 4.69) is 26.6 Å². The second kappa shape index (κ2) is 11.6.